The maximum atomic E-state index is 11.7. The van der Waals surface area contributed by atoms with Gasteiger partial charge in [0.15, 0.2) is 4.21 Å². The molecular weight excluding hydrogens is 260 g/mol. The topological polar surface area (TPSA) is 97.5 Å². The van der Waals surface area contributed by atoms with Gasteiger partial charge in [-0.15, -0.1) is 11.3 Å². The van der Waals surface area contributed by atoms with Gasteiger partial charge in [-0.1, -0.05) is 0 Å². The minimum Gasteiger partial charge on any atom is -0.224 e. The number of sulfonamides is 2. The number of hydrogen-bond donors (Lipinski definition) is 1. The quantitative estimate of drug-likeness (QED) is 0.811. The van der Waals surface area contributed by atoms with Crippen molar-refractivity contribution in [1.82, 2.24) is 4.31 Å². The second-order valence-electron chi connectivity index (χ2n) is 2.90. The van der Waals surface area contributed by atoms with Gasteiger partial charge in [0.05, 0.1) is 0 Å². The van der Waals surface area contributed by atoms with Crippen molar-refractivity contribution in [3.8, 4) is 0 Å². The fourth-order valence-electron chi connectivity index (χ4n) is 0.879. The highest BCUT2D eigenvalue weighted by Gasteiger charge is 2.27. The summed E-state index contributed by atoms with van der Waals surface area (Å²) in [4.78, 5) is -0.278. The molecule has 0 aliphatic heterocycles. The predicted molar refractivity (Wildman–Crippen MR) is 56.6 cm³/mol. The molecule has 0 spiro atoms. The molecule has 1 rings (SSSR count). The first kappa shape index (κ1) is 12.6. The summed E-state index contributed by atoms with van der Waals surface area (Å²) in [6, 6.07) is 1.22. The number of thiophene rings is 1. The average molecular weight is 270 g/mol. The molecule has 2 N–H and O–H groups in total. The zero-order chi connectivity index (χ0) is 11.9. The molecule has 86 valence electrons. The van der Waals surface area contributed by atoms with E-state index in [0.29, 0.717) is 0 Å². The van der Waals surface area contributed by atoms with Crippen molar-refractivity contribution in [3.05, 3.63) is 11.4 Å². The fourth-order valence-corrected chi connectivity index (χ4v) is 4.50. The van der Waals surface area contributed by atoms with Crippen LogP contribution in [0, 0.1) is 0 Å². The molecular formula is C6H10N2O4S3. The van der Waals surface area contributed by atoms with Crippen LogP contribution in [0.25, 0.3) is 0 Å². The van der Waals surface area contributed by atoms with Crippen molar-refractivity contribution in [1.29, 1.82) is 0 Å². The van der Waals surface area contributed by atoms with Crippen LogP contribution in [0.1, 0.15) is 0 Å². The highest BCUT2D eigenvalue weighted by molar-refractivity contribution is 7.93. The third-order valence-corrected chi connectivity index (χ3v) is 6.16. The van der Waals surface area contributed by atoms with Crippen LogP contribution in [0.3, 0.4) is 0 Å². The lowest BCUT2D eigenvalue weighted by atomic mass is 10.7. The zero-order valence-corrected chi connectivity index (χ0v) is 10.5. The highest BCUT2D eigenvalue weighted by atomic mass is 32.2. The lowest BCUT2D eigenvalue weighted by molar-refractivity contribution is 0.518. The van der Waals surface area contributed by atoms with E-state index in [-0.39, 0.29) is 9.10 Å². The fraction of sp³-hybridized carbons (Fsp3) is 0.333. The van der Waals surface area contributed by atoms with E-state index in [2.05, 4.69) is 0 Å². The summed E-state index contributed by atoms with van der Waals surface area (Å²) >= 11 is 0.782. The molecule has 0 fully saturated rings. The van der Waals surface area contributed by atoms with Crippen LogP contribution in [0.4, 0.5) is 0 Å². The van der Waals surface area contributed by atoms with Gasteiger partial charge in [0.1, 0.15) is 4.90 Å². The van der Waals surface area contributed by atoms with Crippen LogP contribution in [0.15, 0.2) is 20.6 Å². The first-order chi connectivity index (χ1) is 6.67. The molecule has 0 aliphatic carbocycles. The monoisotopic (exact) mass is 270 g/mol. The Bertz CT molecular complexity index is 555. The molecule has 0 atom stereocenters. The van der Waals surface area contributed by atoms with Gasteiger partial charge in [-0.25, -0.2) is 26.3 Å². The number of primary sulfonamides is 1. The molecule has 0 aliphatic rings. The molecule has 0 saturated heterocycles. The van der Waals surface area contributed by atoms with Crippen LogP contribution >= 0.6 is 11.3 Å². The second-order valence-corrected chi connectivity index (χ2v) is 7.70. The van der Waals surface area contributed by atoms with Gasteiger partial charge >= 0.3 is 0 Å². The summed E-state index contributed by atoms with van der Waals surface area (Å²) in [5.74, 6) is 0. The van der Waals surface area contributed by atoms with E-state index in [1.165, 1.54) is 25.5 Å². The van der Waals surface area contributed by atoms with Gasteiger partial charge in [0.2, 0.25) is 20.0 Å². The Balaban J connectivity index is 3.50. The molecule has 0 saturated carbocycles. The number of nitrogens with zero attached hydrogens (tertiary/aromatic N) is 1. The van der Waals surface area contributed by atoms with Crippen molar-refractivity contribution >= 4 is 31.4 Å². The van der Waals surface area contributed by atoms with E-state index in [9.17, 15) is 16.8 Å². The summed E-state index contributed by atoms with van der Waals surface area (Å²) < 4.78 is 46.1. The molecule has 0 unspecified atom stereocenters. The van der Waals surface area contributed by atoms with E-state index in [0.717, 1.165) is 15.6 Å². The predicted octanol–water partition coefficient (Wildman–Crippen LogP) is -0.354. The Hall–Kier alpha value is -0.480. The zero-order valence-electron chi connectivity index (χ0n) is 8.04. The van der Waals surface area contributed by atoms with E-state index in [4.69, 9.17) is 5.14 Å². The summed E-state index contributed by atoms with van der Waals surface area (Å²) in [6.07, 6.45) is 0. The maximum absolute atomic E-state index is 11.7. The smallest absolute Gasteiger partial charge is 0.224 e. The molecule has 1 aromatic rings. The average Bonchev–Trinajstić information content (AvgIpc) is 2.49. The molecule has 0 amide bonds. The molecule has 15 heavy (non-hydrogen) atoms. The molecule has 6 nitrogen and oxygen atoms in total. The van der Waals surface area contributed by atoms with Gasteiger partial charge in [-0.2, -0.15) is 0 Å². The van der Waals surface area contributed by atoms with Crippen LogP contribution in [0.5, 0.6) is 0 Å². The first-order valence-corrected chi connectivity index (χ1v) is 7.57. The van der Waals surface area contributed by atoms with Gasteiger partial charge in [-0.3, -0.25) is 0 Å². The van der Waals surface area contributed by atoms with E-state index >= 15 is 0 Å². The van der Waals surface area contributed by atoms with Crippen molar-refractivity contribution in [2.24, 2.45) is 5.14 Å². The van der Waals surface area contributed by atoms with E-state index in [1.54, 1.807) is 0 Å². The number of hydrogen-bond acceptors (Lipinski definition) is 5. The number of nitrogens with two attached hydrogens (primary N) is 1. The summed E-state index contributed by atoms with van der Waals surface area (Å²) in [6.45, 7) is 0. The molecule has 0 bridgehead atoms. The summed E-state index contributed by atoms with van der Waals surface area (Å²) in [5.41, 5.74) is 0. The van der Waals surface area contributed by atoms with E-state index < -0.39 is 20.0 Å². The molecule has 0 aromatic carbocycles. The Labute approximate surface area is 92.4 Å². The van der Waals surface area contributed by atoms with Crippen molar-refractivity contribution in [3.63, 3.8) is 0 Å². The van der Waals surface area contributed by atoms with Crippen molar-refractivity contribution in [2.75, 3.05) is 14.1 Å². The Morgan fingerprint density at radius 1 is 1.27 bits per heavy atom. The maximum Gasteiger partial charge on any atom is 0.248 e. The van der Waals surface area contributed by atoms with Crippen LogP contribution < -0.4 is 5.14 Å². The highest BCUT2D eigenvalue weighted by Crippen LogP contribution is 2.27. The third kappa shape index (κ3) is 2.37. The van der Waals surface area contributed by atoms with Crippen LogP contribution in [0.2, 0.25) is 0 Å². The largest absolute Gasteiger partial charge is 0.248 e. The Kier molecular flexibility index (Phi) is 3.22. The minimum absolute atomic E-state index is 0.278. The van der Waals surface area contributed by atoms with Crippen LogP contribution in [-0.4, -0.2) is 35.2 Å². The summed E-state index contributed by atoms with van der Waals surface area (Å²) in [5, 5.41) is 6.27. The Morgan fingerprint density at radius 3 is 2.20 bits per heavy atom. The van der Waals surface area contributed by atoms with Gasteiger partial charge < -0.3 is 0 Å². The van der Waals surface area contributed by atoms with Crippen molar-refractivity contribution < 1.29 is 16.8 Å². The molecule has 9 heteroatoms. The van der Waals surface area contributed by atoms with Crippen LogP contribution in [-0.2, 0) is 20.0 Å². The second kappa shape index (κ2) is 3.83. The SMILES string of the molecule is CN(C)S(=O)(=O)c1ccsc1S(N)(=O)=O. The lowest BCUT2D eigenvalue weighted by Crippen LogP contribution is -2.24. The first-order valence-electron chi connectivity index (χ1n) is 3.70. The van der Waals surface area contributed by atoms with Gasteiger partial charge in [0.25, 0.3) is 0 Å². The van der Waals surface area contributed by atoms with Gasteiger partial charge in [0, 0.05) is 14.1 Å². The third-order valence-electron chi connectivity index (χ3n) is 1.61. The minimum atomic E-state index is -3.99. The standard InChI is InChI=1S/C6H10N2O4S3/c1-8(2)15(11,12)5-3-4-13-6(5)14(7,9)10/h3-4H,1-2H3,(H2,7,9,10). The normalized spacial score (nSPS) is 13.3. The van der Waals surface area contributed by atoms with Crippen molar-refractivity contribution in [2.45, 2.75) is 9.10 Å². The molecule has 0 radical (unpaired) electrons. The van der Waals surface area contributed by atoms with E-state index in [1.807, 2.05) is 0 Å². The molecule has 1 aromatic heterocycles. The Morgan fingerprint density at radius 2 is 1.80 bits per heavy atom. The molecule has 1 heterocycles. The number of rotatable bonds is 3. The lowest BCUT2D eigenvalue weighted by Gasteiger charge is -2.10. The summed E-state index contributed by atoms with van der Waals surface area (Å²) in [7, 11) is -5.12. The van der Waals surface area contributed by atoms with Gasteiger partial charge in [-0.05, 0) is 11.4 Å².